The van der Waals surface area contributed by atoms with Gasteiger partial charge in [0.2, 0.25) is 0 Å². The number of hydrogen-bond donors (Lipinski definition) is 1. The molecule has 2 aromatic rings. The molecule has 21 heavy (non-hydrogen) atoms. The Hall–Kier alpha value is -2.82. The van der Waals surface area contributed by atoms with Gasteiger partial charge in [-0.15, -0.1) is 0 Å². The molecule has 108 valence electrons. The van der Waals surface area contributed by atoms with Crippen LogP contribution in [-0.2, 0) is 4.79 Å². The fourth-order valence-corrected chi connectivity index (χ4v) is 1.70. The first-order valence-corrected chi connectivity index (χ1v) is 6.35. The second-order valence-electron chi connectivity index (χ2n) is 4.52. The predicted molar refractivity (Wildman–Crippen MR) is 76.1 cm³/mol. The molecule has 1 N–H and O–H groups in total. The molecule has 0 aliphatic carbocycles. The molecule has 0 atom stereocenters. The maximum atomic E-state index is 11.7. The van der Waals surface area contributed by atoms with Crippen LogP contribution in [0.3, 0.4) is 0 Å². The Kier molecular flexibility index (Phi) is 4.56. The lowest BCUT2D eigenvalue weighted by Crippen LogP contribution is -2.22. The van der Waals surface area contributed by atoms with Gasteiger partial charge < -0.3 is 20.0 Å². The molecule has 0 aliphatic heterocycles. The summed E-state index contributed by atoms with van der Waals surface area (Å²) >= 11 is 0. The number of carboxylic acid groups (broad SMARTS) is 1. The minimum atomic E-state index is -1.29. The summed E-state index contributed by atoms with van der Waals surface area (Å²) in [5.74, 6) is -1.31. The van der Waals surface area contributed by atoms with Gasteiger partial charge in [0, 0.05) is 11.3 Å². The van der Waals surface area contributed by atoms with Crippen molar-refractivity contribution in [3.05, 3.63) is 59.7 Å². The highest BCUT2D eigenvalue weighted by atomic mass is 16.5. The fourth-order valence-electron chi connectivity index (χ4n) is 1.70. The molecule has 0 saturated carbocycles. The molecule has 0 saturated heterocycles. The second kappa shape index (κ2) is 6.56. The zero-order valence-electron chi connectivity index (χ0n) is 11.5. The molecule has 2 aromatic carbocycles. The monoisotopic (exact) mass is 284 g/mol. The Morgan fingerprint density at radius 1 is 1.14 bits per heavy atom. The number of aryl methyl sites for hydroxylation is 1. The number of anilines is 1. The Morgan fingerprint density at radius 2 is 1.86 bits per heavy atom. The van der Waals surface area contributed by atoms with Crippen LogP contribution in [-0.4, -0.2) is 18.5 Å². The van der Waals surface area contributed by atoms with E-state index in [9.17, 15) is 14.7 Å². The van der Waals surface area contributed by atoms with E-state index in [1.807, 2.05) is 19.1 Å². The highest BCUT2D eigenvalue weighted by molar-refractivity contribution is 5.92. The smallest absolute Gasteiger partial charge is 0.262 e. The molecule has 5 nitrogen and oxygen atoms in total. The molecule has 5 heteroatoms. The maximum absolute atomic E-state index is 11.7. The van der Waals surface area contributed by atoms with Gasteiger partial charge in [-0.25, -0.2) is 0 Å². The van der Waals surface area contributed by atoms with Crippen molar-refractivity contribution in [3.63, 3.8) is 0 Å². The van der Waals surface area contributed by atoms with E-state index in [0.29, 0.717) is 11.4 Å². The third-order valence-corrected chi connectivity index (χ3v) is 2.77. The van der Waals surface area contributed by atoms with E-state index < -0.39 is 5.97 Å². The number of benzene rings is 2. The van der Waals surface area contributed by atoms with Crippen LogP contribution in [0.1, 0.15) is 15.9 Å². The van der Waals surface area contributed by atoms with Gasteiger partial charge in [0.15, 0.2) is 6.61 Å². The van der Waals surface area contributed by atoms with E-state index >= 15 is 0 Å². The van der Waals surface area contributed by atoms with E-state index in [2.05, 4.69) is 5.32 Å². The van der Waals surface area contributed by atoms with Crippen LogP contribution < -0.4 is 15.2 Å². The van der Waals surface area contributed by atoms with Crippen molar-refractivity contribution in [2.75, 3.05) is 11.9 Å². The molecule has 0 unspecified atom stereocenters. The van der Waals surface area contributed by atoms with Gasteiger partial charge in [0.05, 0.1) is 5.97 Å². The first-order valence-electron chi connectivity index (χ1n) is 6.35. The van der Waals surface area contributed by atoms with Crippen LogP contribution in [0.4, 0.5) is 5.69 Å². The number of hydrogen-bond acceptors (Lipinski definition) is 4. The van der Waals surface area contributed by atoms with Crippen molar-refractivity contribution in [1.29, 1.82) is 0 Å². The lowest BCUT2D eigenvalue weighted by Gasteiger charge is -2.09. The topological polar surface area (TPSA) is 78.5 Å². The number of nitrogens with one attached hydrogen (secondary N) is 1. The summed E-state index contributed by atoms with van der Waals surface area (Å²) < 4.78 is 5.25. The van der Waals surface area contributed by atoms with E-state index in [4.69, 9.17) is 4.74 Å². The Morgan fingerprint density at radius 3 is 2.52 bits per heavy atom. The molecule has 0 aliphatic rings. The van der Waals surface area contributed by atoms with Gasteiger partial charge in [-0.3, -0.25) is 4.79 Å². The maximum Gasteiger partial charge on any atom is 0.262 e. The van der Waals surface area contributed by atoms with Crippen LogP contribution in [0, 0.1) is 6.92 Å². The van der Waals surface area contributed by atoms with Crippen LogP contribution in [0.15, 0.2) is 48.5 Å². The van der Waals surface area contributed by atoms with Gasteiger partial charge in [-0.1, -0.05) is 29.8 Å². The average molecular weight is 284 g/mol. The number of amides is 1. The molecular weight excluding hydrogens is 270 g/mol. The number of carboxylic acids is 1. The van der Waals surface area contributed by atoms with Crippen molar-refractivity contribution in [2.24, 2.45) is 0 Å². The van der Waals surface area contributed by atoms with E-state index in [-0.39, 0.29) is 18.1 Å². The van der Waals surface area contributed by atoms with Crippen LogP contribution in [0.5, 0.6) is 5.75 Å². The third-order valence-electron chi connectivity index (χ3n) is 2.77. The second-order valence-corrected chi connectivity index (χ2v) is 4.52. The standard InChI is InChI=1S/C16H15NO4/c1-11-5-7-13(8-6-11)17-15(18)10-21-14-4-2-3-12(9-14)16(19)20/h2-9H,10H2,1H3,(H,17,18)(H,19,20)/p-1. The summed E-state index contributed by atoms with van der Waals surface area (Å²) in [5.41, 5.74) is 1.78. The summed E-state index contributed by atoms with van der Waals surface area (Å²) in [6.45, 7) is 1.75. The van der Waals surface area contributed by atoms with Crippen LogP contribution in [0.25, 0.3) is 0 Å². The molecule has 0 fully saturated rings. The van der Waals surface area contributed by atoms with Gasteiger partial charge in [0.25, 0.3) is 5.91 Å². The van der Waals surface area contributed by atoms with Crippen molar-refractivity contribution >= 4 is 17.6 Å². The molecule has 0 radical (unpaired) electrons. The van der Waals surface area contributed by atoms with Gasteiger partial charge in [0.1, 0.15) is 5.75 Å². The Balaban J connectivity index is 1.90. The quantitative estimate of drug-likeness (QED) is 0.899. The molecular formula is C16H14NO4-. The first-order chi connectivity index (χ1) is 10.0. The summed E-state index contributed by atoms with van der Waals surface area (Å²) in [4.78, 5) is 22.4. The SMILES string of the molecule is Cc1ccc(NC(=O)COc2cccc(C(=O)[O-])c2)cc1. The lowest BCUT2D eigenvalue weighted by atomic mass is 10.2. The van der Waals surface area contributed by atoms with Gasteiger partial charge >= 0.3 is 0 Å². The minimum Gasteiger partial charge on any atom is -0.545 e. The minimum absolute atomic E-state index is 0.00597. The largest absolute Gasteiger partial charge is 0.545 e. The molecule has 0 heterocycles. The summed E-state index contributed by atoms with van der Waals surface area (Å²) in [6.07, 6.45) is 0. The molecule has 0 spiro atoms. The van der Waals surface area contributed by atoms with E-state index in [1.54, 1.807) is 18.2 Å². The molecule has 2 rings (SSSR count). The Labute approximate surface area is 122 Å². The van der Waals surface area contributed by atoms with Crippen LogP contribution in [0.2, 0.25) is 0 Å². The number of carbonyl (C=O) groups is 2. The number of rotatable bonds is 5. The zero-order chi connectivity index (χ0) is 15.2. The van der Waals surface area contributed by atoms with E-state index in [0.717, 1.165) is 5.56 Å². The zero-order valence-corrected chi connectivity index (χ0v) is 11.5. The third kappa shape index (κ3) is 4.35. The van der Waals surface area contributed by atoms with Crippen LogP contribution >= 0.6 is 0 Å². The van der Waals surface area contributed by atoms with Crippen molar-refractivity contribution in [3.8, 4) is 5.75 Å². The highest BCUT2D eigenvalue weighted by Gasteiger charge is 2.04. The normalized spacial score (nSPS) is 9.95. The average Bonchev–Trinajstić information content (AvgIpc) is 2.48. The van der Waals surface area contributed by atoms with Gasteiger partial charge in [-0.2, -0.15) is 0 Å². The Bertz CT molecular complexity index is 650. The predicted octanol–water partition coefficient (Wildman–Crippen LogP) is 1.38. The molecule has 1 amide bonds. The number of aromatic carboxylic acids is 1. The number of ether oxygens (including phenoxy) is 1. The van der Waals surface area contributed by atoms with Crippen molar-refractivity contribution in [1.82, 2.24) is 0 Å². The fraction of sp³-hybridized carbons (Fsp3) is 0.125. The van der Waals surface area contributed by atoms with Crippen molar-refractivity contribution in [2.45, 2.75) is 6.92 Å². The van der Waals surface area contributed by atoms with Gasteiger partial charge in [-0.05, 0) is 31.2 Å². The lowest BCUT2D eigenvalue weighted by molar-refractivity contribution is -0.255. The summed E-state index contributed by atoms with van der Waals surface area (Å²) in [5, 5.41) is 13.4. The first kappa shape index (κ1) is 14.6. The van der Waals surface area contributed by atoms with E-state index in [1.165, 1.54) is 18.2 Å². The molecule has 0 bridgehead atoms. The summed E-state index contributed by atoms with van der Waals surface area (Å²) in [7, 11) is 0. The highest BCUT2D eigenvalue weighted by Crippen LogP contribution is 2.13. The molecule has 0 aromatic heterocycles. The number of carbonyl (C=O) groups excluding carboxylic acids is 2. The summed E-state index contributed by atoms with van der Waals surface area (Å²) in [6, 6.07) is 13.2. The van der Waals surface area contributed by atoms with Crippen molar-refractivity contribution < 1.29 is 19.4 Å².